The van der Waals surface area contributed by atoms with Crippen LogP contribution >= 0.6 is 0 Å². The summed E-state index contributed by atoms with van der Waals surface area (Å²) >= 11 is 0. The highest BCUT2D eigenvalue weighted by Crippen LogP contribution is 2.29. The molecule has 7 heteroatoms. The predicted molar refractivity (Wildman–Crippen MR) is 116 cm³/mol. The Balaban J connectivity index is 0.000000627. The van der Waals surface area contributed by atoms with Crippen LogP contribution in [0.1, 0.15) is 34.8 Å². The minimum Gasteiger partial charge on any atom is -0.386 e. The van der Waals surface area contributed by atoms with Crippen molar-refractivity contribution >= 4 is 24.1 Å². The fraction of sp³-hybridized carbons (Fsp3) is 0.273. The topological polar surface area (TPSA) is 73.5 Å². The number of carbonyl (C=O) groups excluding carboxylic acids is 2. The second-order valence-electron chi connectivity index (χ2n) is 6.03. The quantitative estimate of drug-likeness (QED) is 0.640. The highest BCUT2D eigenvalue weighted by atomic mass is 19.1. The van der Waals surface area contributed by atoms with Crippen molar-refractivity contribution in [1.29, 1.82) is 0 Å². The van der Waals surface area contributed by atoms with Gasteiger partial charge < -0.3 is 15.4 Å². The third-order valence-electron chi connectivity index (χ3n) is 4.34. The van der Waals surface area contributed by atoms with Gasteiger partial charge in [0.15, 0.2) is 5.82 Å². The number of halogens is 1. The number of carbonyl (C=O) groups is 2. The van der Waals surface area contributed by atoms with E-state index in [1.165, 1.54) is 0 Å². The molecule has 0 aliphatic carbocycles. The molecule has 0 fully saturated rings. The maximum Gasteiger partial charge on any atom is 0.268 e. The molecule has 6 nitrogen and oxygen atoms in total. The number of hydrazine groups is 1. The van der Waals surface area contributed by atoms with Gasteiger partial charge in [0.25, 0.3) is 5.91 Å². The van der Waals surface area contributed by atoms with Gasteiger partial charge in [0.1, 0.15) is 6.79 Å². The van der Waals surface area contributed by atoms with E-state index >= 15 is 0 Å². The first-order valence-corrected chi connectivity index (χ1v) is 9.27. The molecule has 1 amide bonds. The number of fused-ring (bicyclic) bond motifs is 1. The molecular weight excluding hydrogens is 371 g/mol. The summed E-state index contributed by atoms with van der Waals surface area (Å²) in [5, 5.41) is 7.63. The van der Waals surface area contributed by atoms with Gasteiger partial charge in [0, 0.05) is 43.0 Å². The van der Waals surface area contributed by atoms with Gasteiger partial charge in [-0.2, -0.15) is 0 Å². The smallest absolute Gasteiger partial charge is 0.268 e. The van der Waals surface area contributed by atoms with Crippen molar-refractivity contribution in [3.8, 4) is 0 Å². The minimum absolute atomic E-state index is 0.0467. The Morgan fingerprint density at radius 1 is 1.14 bits per heavy atom. The number of amides is 1. The lowest BCUT2D eigenvalue weighted by atomic mass is 10.1. The third-order valence-corrected chi connectivity index (χ3v) is 4.34. The maximum atomic E-state index is 14.3. The van der Waals surface area contributed by atoms with Gasteiger partial charge in [-0.15, -0.1) is 6.58 Å². The van der Waals surface area contributed by atoms with Crippen molar-refractivity contribution in [1.82, 2.24) is 10.4 Å². The Bertz CT molecular complexity index is 826. The molecule has 0 aromatic heterocycles. The van der Waals surface area contributed by atoms with E-state index < -0.39 is 0 Å². The van der Waals surface area contributed by atoms with Crippen molar-refractivity contribution in [2.24, 2.45) is 0 Å². The van der Waals surface area contributed by atoms with Crippen LogP contribution in [-0.2, 0) is 17.9 Å². The number of nitrogens with zero attached hydrogens (tertiary/aromatic N) is 1. The van der Waals surface area contributed by atoms with E-state index in [4.69, 9.17) is 4.79 Å². The summed E-state index contributed by atoms with van der Waals surface area (Å²) in [7, 11) is 3.41. The molecule has 0 saturated heterocycles. The normalized spacial score (nSPS) is 11.4. The summed E-state index contributed by atoms with van der Waals surface area (Å²) < 4.78 is 14.3. The molecule has 3 rings (SSSR count). The molecule has 0 radical (unpaired) electrons. The van der Waals surface area contributed by atoms with E-state index in [0.717, 1.165) is 17.7 Å². The number of nitrogens with one attached hydrogen (secondary N) is 3. The van der Waals surface area contributed by atoms with Gasteiger partial charge >= 0.3 is 0 Å². The predicted octanol–water partition coefficient (Wildman–Crippen LogP) is 3.97. The molecule has 3 N–H and O–H groups in total. The summed E-state index contributed by atoms with van der Waals surface area (Å²) in [5.74, 6) is -0.308. The van der Waals surface area contributed by atoms with Crippen LogP contribution < -0.4 is 16.1 Å². The number of hydrogen-bond acceptors (Lipinski definition) is 5. The summed E-state index contributed by atoms with van der Waals surface area (Å²) in [5.41, 5.74) is 6.37. The lowest BCUT2D eigenvalue weighted by Crippen LogP contribution is -2.34. The highest BCUT2D eigenvalue weighted by Gasteiger charge is 2.28. The van der Waals surface area contributed by atoms with Crippen LogP contribution in [0.3, 0.4) is 0 Å². The van der Waals surface area contributed by atoms with E-state index in [9.17, 15) is 9.18 Å². The van der Waals surface area contributed by atoms with Crippen molar-refractivity contribution in [3.63, 3.8) is 0 Å². The number of anilines is 2. The number of rotatable bonds is 6. The zero-order valence-electron chi connectivity index (χ0n) is 17.2. The van der Waals surface area contributed by atoms with Gasteiger partial charge in [-0.1, -0.05) is 31.2 Å². The molecule has 156 valence electrons. The SMILES string of the molecule is C=CCC.C=O.CNc1cccc(CNc2cccc3c2CN(NC)C3=O)c1F. The number of allylic oxidation sites excluding steroid dienone is 1. The zero-order chi connectivity index (χ0) is 21.8. The van der Waals surface area contributed by atoms with Crippen LogP contribution in [0.15, 0.2) is 49.1 Å². The molecular formula is C22H29FN4O2. The molecule has 1 aliphatic heterocycles. The van der Waals surface area contributed by atoms with Crippen LogP contribution in [0.4, 0.5) is 15.8 Å². The van der Waals surface area contributed by atoms with Crippen molar-refractivity contribution in [2.75, 3.05) is 24.7 Å². The molecule has 0 spiro atoms. The first-order chi connectivity index (χ1) is 14.1. The Labute approximate surface area is 171 Å². The molecule has 1 heterocycles. The molecule has 2 aromatic rings. The monoisotopic (exact) mass is 400 g/mol. The van der Waals surface area contributed by atoms with Gasteiger partial charge in [-0.3, -0.25) is 9.80 Å². The first-order valence-electron chi connectivity index (χ1n) is 9.27. The molecule has 2 aromatic carbocycles. The van der Waals surface area contributed by atoms with E-state index in [0.29, 0.717) is 29.9 Å². The summed E-state index contributed by atoms with van der Waals surface area (Å²) in [6, 6.07) is 10.8. The first kappa shape index (κ1) is 23.8. The molecule has 0 saturated carbocycles. The third kappa shape index (κ3) is 5.89. The lowest BCUT2D eigenvalue weighted by Gasteiger charge is -2.14. The Morgan fingerprint density at radius 3 is 2.34 bits per heavy atom. The maximum absolute atomic E-state index is 14.3. The van der Waals surface area contributed by atoms with Crippen LogP contribution in [0, 0.1) is 5.82 Å². The molecule has 1 aliphatic rings. The van der Waals surface area contributed by atoms with Gasteiger partial charge in [0.05, 0.1) is 12.2 Å². The fourth-order valence-electron chi connectivity index (χ4n) is 2.78. The summed E-state index contributed by atoms with van der Waals surface area (Å²) in [6.45, 7) is 8.39. The van der Waals surface area contributed by atoms with Crippen molar-refractivity contribution in [2.45, 2.75) is 26.4 Å². The average molecular weight is 400 g/mol. The van der Waals surface area contributed by atoms with Gasteiger partial charge in [-0.05, 0) is 24.6 Å². The fourth-order valence-corrected chi connectivity index (χ4v) is 2.78. The highest BCUT2D eigenvalue weighted by molar-refractivity contribution is 5.99. The van der Waals surface area contributed by atoms with Crippen LogP contribution in [-0.4, -0.2) is 31.8 Å². The van der Waals surface area contributed by atoms with Gasteiger partial charge in [0.2, 0.25) is 0 Å². The van der Waals surface area contributed by atoms with Crippen molar-refractivity contribution < 1.29 is 14.0 Å². The molecule has 0 bridgehead atoms. The second-order valence-corrected chi connectivity index (χ2v) is 6.03. The number of hydrogen-bond donors (Lipinski definition) is 3. The standard InChI is InChI=1S/C17H19FN4O.C4H8.CH2O/c1-19-15-8-3-5-11(16(15)18)9-21-14-7-4-6-12-13(14)10-22(20-2)17(12)23;1-3-4-2;1-2/h3-8,19-21H,9-10H2,1-2H3;3H,1,4H2,2H3;1H2. The molecule has 0 unspecified atom stereocenters. The largest absolute Gasteiger partial charge is 0.386 e. The zero-order valence-corrected chi connectivity index (χ0v) is 17.2. The Hall–Kier alpha value is -3.19. The van der Waals surface area contributed by atoms with Crippen LogP contribution in [0.5, 0.6) is 0 Å². The van der Waals surface area contributed by atoms with Gasteiger partial charge in [-0.25, -0.2) is 9.82 Å². The van der Waals surface area contributed by atoms with Crippen molar-refractivity contribution in [3.05, 3.63) is 71.6 Å². The number of benzene rings is 2. The van der Waals surface area contributed by atoms with Crippen LogP contribution in [0.25, 0.3) is 0 Å². The van der Waals surface area contributed by atoms with E-state index in [2.05, 4.69) is 29.6 Å². The average Bonchev–Trinajstić information content (AvgIpc) is 3.11. The molecule has 29 heavy (non-hydrogen) atoms. The Kier molecular flexibility index (Phi) is 10.1. The van der Waals surface area contributed by atoms with E-state index in [-0.39, 0.29) is 11.7 Å². The van der Waals surface area contributed by atoms with E-state index in [1.54, 1.807) is 31.2 Å². The summed E-state index contributed by atoms with van der Waals surface area (Å²) in [6.07, 6.45) is 2.96. The van der Waals surface area contributed by atoms with E-state index in [1.807, 2.05) is 37.1 Å². The summed E-state index contributed by atoms with van der Waals surface area (Å²) in [4.78, 5) is 20.2. The lowest BCUT2D eigenvalue weighted by molar-refractivity contribution is -0.0980. The van der Waals surface area contributed by atoms with Crippen LogP contribution in [0.2, 0.25) is 0 Å². The molecule has 0 atom stereocenters. The minimum atomic E-state index is -0.261. The second kappa shape index (κ2) is 12.3. The Morgan fingerprint density at radius 2 is 1.76 bits per heavy atom.